The van der Waals surface area contributed by atoms with Crippen LogP contribution < -0.4 is 4.90 Å². The summed E-state index contributed by atoms with van der Waals surface area (Å²) in [5.41, 5.74) is 6.16. The molecule has 0 spiro atoms. The van der Waals surface area contributed by atoms with E-state index in [1.807, 2.05) is 6.20 Å². The van der Waals surface area contributed by atoms with Crippen LogP contribution in [-0.4, -0.2) is 18.1 Å². The van der Waals surface area contributed by atoms with Gasteiger partial charge < -0.3 is 4.90 Å². The lowest BCUT2D eigenvalue weighted by Crippen LogP contribution is -2.30. The quantitative estimate of drug-likeness (QED) is 0.572. The normalized spacial score (nSPS) is 15.5. The van der Waals surface area contributed by atoms with Gasteiger partial charge >= 0.3 is 0 Å². The van der Waals surface area contributed by atoms with Gasteiger partial charge in [0.15, 0.2) is 0 Å². The highest BCUT2D eigenvalue weighted by Gasteiger charge is 2.13. The molecule has 1 fully saturated rings. The highest BCUT2D eigenvalue weighted by Crippen LogP contribution is 2.27. The number of anilines is 1. The van der Waals surface area contributed by atoms with Crippen LogP contribution in [0.25, 0.3) is 22.4 Å². The topological polar surface area (TPSA) is 16.1 Å². The number of aryl methyl sites for hydroxylation is 1. The summed E-state index contributed by atoms with van der Waals surface area (Å²) >= 11 is 0. The molecule has 26 heavy (non-hydrogen) atoms. The second kappa shape index (κ2) is 7.33. The van der Waals surface area contributed by atoms with E-state index in [2.05, 4.69) is 78.3 Å². The van der Waals surface area contributed by atoms with Crippen molar-refractivity contribution in [3.05, 3.63) is 71.5 Å². The highest BCUT2D eigenvalue weighted by molar-refractivity contribution is 5.89. The molecule has 0 saturated carbocycles. The third-order valence-electron chi connectivity index (χ3n) is 5.36. The Morgan fingerprint density at radius 3 is 2.54 bits per heavy atom. The number of allylic oxidation sites excluding steroid dienone is 1. The lowest BCUT2D eigenvalue weighted by atomic mass is 10.0. The molecule has 1 aliphatic heterocycles. The molecule has 0 bridgehead atoms. The molecule has 132 valence electrons. The van der Waals surface area contributed by atoms with Crippen molar-refractivity contribution >= 4 is 28.1 Å². The van der Waals surface area contributed by atoms with Crippen molar-refractivity contribution < 1.29 is 0 Å². The third-order valence-corrected chi connectivity index (χ3v) is 5.36. The summed E-state index contributed by atoms with van der Waals surface area (Å²) in [6, 6.07) is 17.4. The van der Waals surface area contributed by atoms with Crippen LogP contribution in [0.15, 0.2) is 54.7 Å². The summed E-state index contributed by atoms with van der Waals surface area (Å²) in [6.07, 6.45) is 8.17. The van der Waals surface area contributed by atoms with E-state index < -0.39 is 0 Å². The molecular formula is C24H26N2. The fourth-order valence-electron chi connectivity index (χ4n) is 3.82. The van der Waals surface area contributed by atoms with Gasteiger partial charge in [-0.05, 0) is 78.8 Å². The van der Waals surface area contributed by atoms with Gasteiger partial charge in [0.1, 0.15) is 0 Å². The number of benzene rings is 2. The van der Waals surface area contributed by atoms with Gasteiger partial charge in [-0.3, -0.25) is 4.98 Å². The Hall–Kier alpha value is -2.61. The van der Waals surface area contributed by atoms with E-state index in [1.165, 1.54) is 52.4 Å². The number of nitrogens with zero attached hydrogens (tertiary/aromatic N) is 2. The predicted octanol–water partition coefficient (Wildman–Crippen LogP) is 6.09. The Kier molecular flexibility index (Phi) is 4.75. The Labute approximate surface area is 156 Å². The SMILES string of the molecule is C/C(=C\c1cc(N2CCCCC2)c(C)cn1)c1ccc2ccccc2c1. The molecule has 3 aromatic rings. The zero-order valence-corrected chi connectivity index (χ0v) is 15.7. The maximum atomic E-state index is 4.66. The van der Waals surface area contributed by atoms with Gasteiger partial charge in [0, 0.05) is 25.0 Å². The van der Waals surface area contributed by atoms with Crippen LogP contribution >= 0.6 is 0 Å². The molecule has 1 saturated heterocycles. The second-order valence-electron chi connectivity index (χ2n) is 7.33. The molecule has 0 radical (unpaired) electrons. The first kappa shape index (κ1) is 16.8. The van der Waals surface area contributed by atoms with Crippen molar-refractivity contribution in [2.45, 2.75) is 33.1 Å². The summed E-state index contributed by atoms with van der Waals surface area (Å²) in [7, 11) is 0. The predicted molar refractivity (Wildman–Crippen MR) is 113 cm³/mol. The van der Waals surface area contributed by atoms with Gasteiger partial charge in [0.2, 0.25) is 0 Å². The Balaban J connectivity index is 1.65. The van der Waals surface area contributed by atoms with E-state index in [-0.39, 0.29) is 0 Å². The van der Waals surface area contributed by atoms with Crippen LogP contribution in [0.2, 0.25) is 0 Å². The van der Waals surface area contributed by atoms with E-state index >= 15 is 0 Å². The minimum absolute atomic E-state index is 1.04. The molecule has 0 amide bonds. The second-order valence-corrected chi connectivity index (χ2v) is 7.33. The number of piperidine rings is 1. The van der Waals surface area contributed by atoms with Crippen molar-refractivity contribution in [2.24, 2.45) is 0 Å². The number of pyridine rings is 1. The van der Waals surface area contributed by atoms with E-state index in [0.29, 0.717) is 0 Å². The van der Waals surface area contributed by atoms with E-state index in [9.17, 15) is 0 Å². The first-order valence-electron chi connectivity index (χ1n) is 9.60. The van der Waals surface area contributed by atoms with Crippen LogP contribution in [0.3, 0.4) is 0 Å². The molecule has 4 rings (SSSR count). The Morgan fingerprint density at radius 2 is 1.73 bits per heavy atom. The molecule has 2 heterocycles. The maximum absolute atomic E-state index is 4.66. The number of fused-ring (bicyclic) bond motifs is 1. The van der Waals surface area contributed by atoms with Gasteiger partial charge in [-0.25, -0.2) is 0 Å². The van der Waals surface area contributed by atoms with Crippen molar-refractivity contribution in [1.82, 2.24) is 4.98 Å². The molecule has 1 aliphatic rings. The van der Waals surface area contributed by atoms with Gasteiger partial charge in [-0.15, -0.1) is 0 Å². The van der Waals surface area contributed by atoms with E-state index in [4.69, 9.17) is 0 Å². The third kappa shape index (κ3) is 3.50. The number of rotatable bonds is 3. The number of hydrogen-bond donors (Lipinski definition) is 0. The van der Waals surface area contributed by atoms with Gasteiger partial charge in [0.05, 0.1) is 5.69 Å². The van der Waals surface area contributed by atoms with Crippen LogP contribution in [0.1, 0.15) is 43.0 Å². The first-order chi connectivity index (χ1) is 12.7. The smallest absolute Gasteiger partial charge is 0.0653 e. The fourth-order valence-corrected chi connectivity index (χ4v) is 3.82. The van der Waals surface area contributed by atoms with Crippen LogP contribution in [0.4, 0.5) is 5.69 Å². The zero-order valence-electron chi connectivity index (χ0n) is 15.7. The Morgan fingerprint density at radius 1 is 0.962 bits per heavy atom. The van der Waals surface area contributed by atoms with Crippen molar-refractivity contribution in [1.29, 1.82) is 0 Å². The summed E-state index contributed by atoms with van der Waals surface area (Å²) in [5.74, 6) is 0. The maximum Gasteiger partial charge on any atom is 0.0653 e. The molecule has 2 heteroatoms. The monoisotopic (exact) mass is 342 g/mol. The van der Waals surface area contributed by atoms with Crippen molar-refractivity contribution in [3.8, 4) is 0 Å². The summed E-state index contributed by atoms with van der Waals surface area (Å²) in [6.45, 7) is 6.67. The molecule has 0 unspecified atom stereocenters. The standard InChI is InChI=1S/C24H26N2/c1-18(21-11-10-20-8-4-5-9-22(20)15-21)14-23-16-24(19(2)17-25-23)26-12-6-3-7-13-26/h4-5,8-11,14-17H,3,6-7,12-13H2,1-2H3/b18-14+. The largest absolute Gasteiger partial charge is 0.371 e. The highest BCUT2D eigenvalue weighted by atomic mass is 15.1. The summed E-state index contributed by atoms with van der Waals surface area (Å²) in [5, 5.41) is 2.56. The van der Waals surface area contributed by atoms with Crippen LogP contribution in [0.5, 0.6) is 0 Å². The Bertz CT molecular complexity index is 949. The minimum Gasteiger partial charge on any atom is -0.371 e. The average molecular weight is 342 g/mol. The summed E-state index contributed by atoms with van der Waals surface area (Å²) < 4.78 is 0. The van der Waals surface area contributed by atoms with Crippen molar-refractivity contribution in [3.63, 3.8) is 0 Å². The minimum atomic E-state index is 1.04. The molecule has 0 aliphatic carbocycles. The van der Waals surface area contributed by atoms with Gasteiger partial charge in [-0.2, -0.15) is 0 Å². The average Bonchev–Trinajstić information content (AvgIpc) is 2.69. The number of hydrogen-bond acceptors (Lipinski definition) is 2. The van der Waals surface area contributed by atoms with Crippen LogP contribution in [0, 0.1) is 6.92 Å². The van der Waals surface area contributed by atoms with Gasteiger partial charge in [-0.1, -0.05) is 36.4 Å². The lowest BCUT2D eigenvalue weighted by molar-refractivity contribution is 0.577. The van der Waals surface area contributed by atoms with E-state index in [1.54, 1.807) is 0 Å². The molecule has 2 nitrogen and oxygen atoms in total. The molecule has 1 aromatic heterocycles. The van der Waals surface area contributed by atoms with Crippen molar-refractivity contribution in [2.75, 3.05) is 18.0 Å². The fraction of sp³-hybridized carbons (Fsp3) is 0.292. The first-order valence-corrected chi connectivity index (χ1v) is 9.60. The zero-order chi connectivity index (χ0) is 17.9. The summed E-state index contributed by atoms with van der Waals surface area (Å²) in [4.78, 5) is 7.18. The number of aromatic nitrogens is 1. The molecule has 0 N–H and O–H groups in total. The van der Waals surface area contributed by atoms with Crippen LogP contribution in [-0.2, 0) is 0 Å². The molecular weight excluding hydrogens is 316 g/mol. The van der Waals surface area contributed by atoms with Gasteiger partial charge in [0.25, 0.3) is 0 Å². The lowest BCUT2D eigenvalue weighted by Gasteiger charge is -2.30. The molecule has 2 aromatic carbocycles. The van der Waals surface area contributed by atoms with E-state index in [0.717, 1.165) is 18.8 Å². The molecule has 0 atom stereocenters.